The lowest BCUT2D eigenvalue weighted by molar-refractivity contribution is 0.101. The van der Waals surface area contributed by atoms with Crippen LogP contribution in [0.4, 0.5) is 0 Å². The molecule has 0 spiro atoms. The molecule has 2 rings (SSSR count). The van der Waals surface area contributed by atoms with Gasteiger partial charge in [0, 0.05) is 5.56 Å². The second-order valence-corrected chi connectivity index (χ2v) is 4.84. The molecule has 0 unspecified atom stereocenters. The van der Waals surface area contributed by atoms with Crippen LogP contribution in [0, 0.1) is 0 Å². The number of Topliss-reactive ketones (excluding diaryl/α,β-unsaturated/α-hetero) is 1. The molecular weight excluding hydrogens is 264 g/mol. The van der Waals surface area contributed by atoms with Crippen molar-refractivity contribution in [3.63, 3.8) is 0 Å². The Morgan fingerprint density at radius 2 is 1.81 bits per heavy atom. The number of aryl methyl sites for hydroxylation is 1. The first-order chi connectivity index (χ1) is 10.2. The van der Waals surface area contributed by atoms with E-state index in [1.165, 1.54) is 0 Å². The molecule has 0 aromatic heterocycles. The lowest BCUT2D eigenvalue weighted by atomic mass is 10.0. The summed E-state index contributed by atoms with van der Waals surface area (Å²) in [5.41, 5.74) is 2.76. The minimum absolute atomic E-state index is 0.0414. The van der Waals surface area contributed by atoms with Crippen LogP contribution in [0.1, 0.15) is 35.3 Å². The predicted molar refractivity (Wildman–Crippen MR) is 83.2 cm³/mol. The standard InChI is InChI=1S/C18H20O3/c1-4-15-10-18(17(20-3)11-16(15)13(2)19)21-12-14-8-6-5-7-9-14/h5-11H,4,12H2,1-3H3. The van der Waals surface area contributed by atoms with Gasteiger partial charge in [0.2, 0.25) is 0 Å². The summed E-state index contributed by atoms with van der Waals surface area (Å²) < 4.78 is 11.2. The van der Waals surface area contributed by atoms with Gasteiger partial charge >= 0.3 is 0 Å². The fraction of sp³-hybridized carbons (Fsp3) is 0.278. The molecule has 0 saturated carbocycles. The minimum Gasteiger partial charge on any atom is -0.493 e. The Bertz CT molecular complexity index is 618. The van der Waals surface area contributed by atoms with Crippen molar-refractivity contribution in [1.29, 1.82) is 0 Å². The number of hydrogen-bond acceptors (Lipinski definition) is 3. The Morgan fingerprint density at radius 1 is 1.10 bits per heavy atom. The van der Waals surface area contributed by atoms with Crippen LogP contribution in [-0.4, -0.2) is 12.9 Å². The van der Waals surface area contributed by atoms with Crippen LogP contribution in [0.25, 0.3) is 0 Å². The topological polar surface area (TPSA) is 35.5 Å². The summed E-state index contributed by atoms with van der Waals surface area (Å²) in [4.78, 5) is 11.7. The zero-order valence-electron chi connectivity index (χ0n) is 12.7. The first-order valence-electron chi connectivity index (χ1n) is 7.04. The van der Waals surface area contributed by atoms with Gasteiger partial charge in [-0.05, 0) is 36.6 Å². The van der Waals surface area contributed by atoms with Crippen molar-refractivity contribution >= 4 is 5.78 Å². The summed E-state index contributed by atoms with van der Waals surface area (Å²) in [7, 11) is 1.58. The van der Waals surface area contributed by atoms with Crippen LogP contribution in [0.3, 0.4) is 0 Å². The van der Waals surface area contributed by atoms with Crippen LogP contribution in [-0.2, 0) is 13.0 Å². The first-order valence-corrected chi connectivity index (χ1v) is 7.04. The number of hydrogen-bond donors (Lipinski definition) is 0. The molecular formula is C18H20O3. The highest BCUT2D eigenvalue weighted by molar-refractivity contribution is 5.96. The number of carbonyl (C=O) groups is 1. The Balaban J connectivity index is 2.28. The van der Waals surface area contributed by atoms with E-state index in [9.17, 15) is 4.79 Å². The van der Waals surface area contributed by atoms with E-state index in [1.807, 2.05) is 43.3 Å². The summed E-state index contributed by atoms with van der Waals surface area (Å²) in [6.07, 6.45) is 0.778. The summed E-state index contributed by atoms with van der Waals surface area (Å²) in [6, 6.07) is 13.6. The van der Waals surface area contributed by atoms with Crippen LogP contribution in [0.2, 0.25) is 0 Å². The molecule has 0 N–H and O–H groups in total. The van der Waals surface area contributed by atoms with E-state index in [0.29, 0.717) is 23.7 Å². The van der Waals surface area contributed by atoms with E-state index in [1.54, 1.807) is 20.1 Å². The monoisotopic (exact) mass is 284 g/mol. The highest BCUT2D eigenvalue weighted by Gasteiger charge is 2.13. The van der Waals surface area contributed by atoms with E-state index in [2.05, 4.69) is 0 Å². The van der Waals surface area contributed by atoms with Gasteiger partial charge < -0.3 is 9.47 Å². The third kappa shape index (κ3) is 3.63. The highest BCUT2D eigenvalue weighted by atomic mass is 16.5. The fourth-order valence-corrected chi connectivity index (χ4v) is 2.23. The number of rotatable bonds is 6. The van der Waals surface area contributed by atoms with Gasteiger partial charge in [0.25, 0.3) is 0 Å². The molecule has 0 atom stereocenters. The van der Waals surface area contributed by atoms with E-state index >= 15 is 0 Å². The maximum Gasteiger partial charge on any atom is 0.161 e. The van der Waals surface area contributed by atoms with Gasteiger partial charge in [-0.1, -0.05) is 37.3 Å². The zero-order chi connectivity index (χ0) is 15.2. The molecule has 0 heterocycles. The average molecular weight is 284 g/mol. The largest absolute Gasteiger partial charge is 0.493 e. The maximum absolute atomic E-state index is 11.7. The third-order valence-electron chi connectivity index (χ3n) is 3.39. The molecule has 0 amide bonds. The summed E-state index contributed by atoms with van der Waals surface area (Å²) in [5, 5.41) is 0. The van der Waals surface area contributed by atoms with Crippen molar-refractivity contribution in [2.24, 2.45) is 0 Å². The first kappa shape index (κ1) is 15.1. The molecule has 0 radical (unpaired) electrons. The van der Waals surface area contributed by atoms with Gasteiger partial charge in [0.15, 0.2) is 17.3 Å². The van der Waals surface area contributed by atoms with Gasteiger partial charge in [-0.15, -0.1) is 0 Å². The van der Waals surface area contributed by atoms with Crippen molar-refractivity contribution in [2.45, 2.75) is 26.9 Å². The molecule has 0 fully saturated rings. The Labute approximate surface area is 125 Å². The second-order valence-electron chi connectivity index (χ2n) is 4.84. The predicted octanol–water partition coefficient (Wildman–Crippen LogP) is 4.04. The van der Waals surface area contributed by atoms with Crippen LogP contribution >= 0.6 is 0 Å². The average Bonchev–Trinajstić information content (AvgIpc) is 2.52. The number of benzene rings is 2. The normalized spacial score (nSPS) is 10.2. The SMILES string of the molecule is CCc1cc(OCc2ccccc2)c(OC)cc1C(C)=O. The second kappa shape index (κ2) is 6.93. The molecule has 2 aromatic rings. The molecule has 0 aliphatic carbocycles. The van der Waals surface area contributed by atoms with E-state index in [4.69, 9.17) is 9.47 Å². The Hall–Kier alpha value is -2.29. The van der Waals surface area contributed by atoms with E-state index in [0.717, 1.165) is 17.5 Å². The van der Waals surface area contributed by atoms with Gasteiger partial charge in [-0.2, -0.15) is 0 Å². The molecule has 0 aliphatic rings. The lowest BCUT2D eigenvalue weighted by Crippen LogP contribution is -2.03. The van der Waals surface area contributed by atoms with Gasteiger partial charge in [-0.3, -0.25) is 4.79 Å². The van der Waals surface area contributed by atoms with Gasteiger partial charge in [0.05, 0.1) is 7.11 Å². The molecule has 110 valence electrons. The number of ketones is 1. The summed E-state index contributed by atoms with van der Waals surface area (Å²) >= 11 is 0. The van der Waals surface area contributed by atoms with Crippen molar-refractivity contribution in [3.8, 4) is 11.5 Å². The molecule has 21 heavy (non-hydrogen) atoms. The minimum atomic E-state index is 0.0414. The molecule has 3 nitrogen and oxygen atoms in total. The van der Waals surface area contributed by atoms with E-state index in [-0.39, 0.29) is 5.78 Å². The van der Waals surface area contributed by atoms with Crippen molar-refractivity contribution in [1.82, 2.24) is 0 Å². The summed E-state index contributed by atoms with van der Waals surface area (Å²) in [5.74, 6) is 1.30. The van der Waals surface area contributed by atoms with Crippen LogP contribution in [0.5, 0.6) is 11.5 Å². The molecule has 0 saturated heterocycles. The van der Waals surface area contributed by atoms with Crippen molar-refractivity contribution in [3.05, 3.63) is 59.2 Å². The smallest absolute Gasteiger partial charge is 0.161 e. The number of carbonyl (C=O) groups excluding carboxylic acids is 1. The van der Waals surface area contributed by atoms with Gasteiger partial charge in [0.1, 0.15) is 6.61 Å². The van der Waals surface area contributed by atoms with Crippen molar-refractivity contribution in [2.75, 3.05) is 7.11 Å². The maximum atomic E-state index is 11.7. The number of ether oxygens (including phenoxy) is 2. The molecule has 0 aliphatic heterocycles. The number of methoxy groups -OCH3 is 1. The van der Waals surface area contributed by atoms with Crippen molar-refractivity contribution < 1.29 is 14.3 Å². The molecule has 3 heteroatoms. The van der Waals surface area contributed by atoms with Gasteiger partial charge in [-0.25, -0.2) is 0 Å². The van der Waals surface area contributed by atoms with Crippen LogP contribution < -0.4 is 9.47 Å². The fourth-order valence-electron chi connectivity index (χ4n) is 2.23. The quantitative estimate of drug-likeness (QED) is 0.751. The molecule has 0 bridgehead atoms. The summed E-state index contributed by atoms with van der Waals surface area (Å²) in [6.45, 7) is 4.06. The van der Waals surface area contributed by atoms with E-state index < -0.39 is 0 Å². The zero-order valence-corrected chi connectivity index (χ0v) is 12.7. The highest BCUT2D eigenvalue weighted by Crippen LogP contribution is 2.32. The lowest BCUT2D eigenvalue weighted by Gasteiger charge is -2.14. The third-order valence-corrected chi connectivity index (χ3v) is 3.39. The van der Waals surface area contributed by atoms with Crippen LogP contribution in [0.15, 0.2) is 42.5 Å². The Morgan fingerprint density at radius 3 is 2.38 bits per heavy atom. The molecule has 2 aromatic carbocycles. The Kier molecular flexibility index (Phi) is 4.99.